The molecule has 2 heterocycles. The molecule has 1 aliphatic heterocycles. The Morgan fingerprint density at radius 1 is 1.11 bits per heavy atom. The highest BCUT2D eigenvalue weighted by atomic mass is 32.2. The number of benzene rings is 1. The Morgan fingerprint density at radius 2 is 1.89 bits per heavy atom. The van der Waals surface area contributed by atoms with Gasteiger partial charge in [0.15, 0.2) is 5.78 Å². The first kappa shape index (κ1) is 19.2. The number of methoxy groups -OCH3 is 2. The van der Waals surface area contributed by atoms with Gasteiger partial charge in [0, 0.05) is 25.4 Å². The van der Waals surface area contributed by atoms with Gasteiger partial charge in [-0.1, -0.05) is 11.8 Å². The fraction of sp³-hybridized carbons (Fsp3) is 0.350. The SMILES string of the molecule is COc1ccc(C(=O)CSc2ccc(C(=O)N3CCCC3)cn2)c(OC)c1. The Morgan fingerprint density at radius 3 is 2.52 bits per heavy atom. The molecule has 1 aromatic carbocycles. The van der Waals surface area contributed by atoms with Crippen LogP contribution in [0.3, 0.4) is 0 Å². The van der Waals surface area contributed by atoms with Crippen LogP contribution in [0.1, 0.15) is 33.6 Å². The van der Waals surface area contributed by atoms with Crippen molar-refractivity contribution >= 4 is 23.5 Å². The number of likely N-dealkylation sites (tertiary alicyclic amines) is 1. The number of ketones is 1. The summed E-state index contributed by atoms with van der Waals surface area (Å²) in [4.78, 5) is 31.0. The molecule has 3 rings (SSSR count). The van der Waals surface area contributed by atoms with Gasteiger partial charge in [-0.25, -0.2) is 4.98 Å². The minimum atomic E-state index is -0.0569. The summed E-state index contributed by atoms with van der Waals surface area (Å²) in [6.45, 7) is 1.63. The standard InChI is InChI=1S/C20H22N2O4S/c1-25-15-6-7-16(18(11-15)26-2)17(23)13-27-19-8-5-14(12-21-19)20(24)22-9-3-4-10-22/h5-8,11-12H,3-4,9-10,13H2,1-2H3. The van der Waals surface area contributed by atoms with Crippen molar-refractivity contribution in [2.75, 3.05) is 33.1 Å². The summed E-state index contributed by atoms with van der Waals surface area (Å²) in [6.07, 6.45) is 3.70. The average Bonchev–Trinajstić information content (AvgIpc) is 3.26. The third kappa shape index (κ3) is 4.60. The van der Waals surface area contributed by atoms with Crippen LogP contribution in [0.5, 0.6) is 11.5 Å². The van der Waals surface area contributed by atoms with Gasteiger partial charge in [0.1, 0.15) is 11.5 Å². The molecule has 1 aromatic heterocycles. The largest absolute Gasteiger partial charge is 0.497 e. The summed E-state index contributed by atoms with van der Waals surface area (Å²) in [5.41, 5.74) is 1.09. The highest BCUT2D eigenvalue weighted by Gasteiger charge is 2.20. The quantitative estimate of drug-likeness (QED) is 0.537. The Kier molecular flexibility index (Phi) is 6.34. The van der Waals surface area contributed by atoms with Crippen LogP contribution >= 0.6 is 11.8 Å². The minimum absolute atomic E-state index is 0.0237. The van der Waals surface area contributed by atoms with Crippen LogP contribution in [0.25, 0.3) is 0 Å². The lowest BCUT2D eigenvalue weighted by Crippen LogP contribution is -2.27. The molecule has 0 N–H and O–H groups in total. The normalized spacial score (nSPS) is 13.5. The fourth-order valence-electron chi connectivity index (χ4n) is 2.94. The van der Waals surface area contributed by atoms with Crippen LogP contribution in [-0.4, -0.2) is 54.6 Å². The number of carbonyl (C=O) groups excluding carboxylic acids is 2. The first-order valence-electron chi connectivity index (χ1n) is 8.75. The Labute approximate surface area is 162 Å². The molecule has 0 saturated carbocycles. The second kappa shape index (κ2) is 8.90. The number of rotatable bonds is 7. The molecule has 0 atom stereocenters. The molecule has 0 unspecified atom stereocenters. The monoisotopic (exact) mass is 386 g/mol. The van der Waals surface area contributed by atoms with E-state index in [1.54, 1.807) is 43.6 Å². The molecule has 1 aliphatic rings. The van der Waals surface area contributed by atoms with Crippen molar-refractivity contribution in [2.45, 2.75) is 17.9 Å². The summed E-state index contributed by atoms with van der Waals surface area (Å²) >= 11 is 1.33. The van der Waals surface area contributed by atoms with E-state index in [0.29, 0.717) is 27.7 Å². The molecular weight excluding hydrogens is 364 g/mol. The van der Waals surface area contributed by atoms with Crippen LogP contribution < -0.4 is 9.47 Å². The number of thioether (sulfide) groups is 1. The zero-order valence-corrected chi connectivity index (χ0v) is 16.3. The number of amides is 1. The van der Waals surface area contributed by atoms with E-state index in [9.17, 15) is 9.59 Å². The first-order valence-corrected chi connectivity index (χ1v) is 9.74. The number of carbonyl (C=O) groups is 2. The average molecular weight is 386 g/mol. The van der Waals surface area contributed by atoms with E-state index in [0.717, 1.165) is 25.9 Å². The number of pyridine rings is 1. The van der Waals surface area contributed by atoms with Crippen LogP contribution in [0.15, 0.2) is 41.6 Å². The van der Waals surface area contributed by atoms with E-state index < -0.39 is 0 Å². The van der Waals surface area contributed by atoms with Gasteiger partial charge in [0.2, 0.25) is 0 Å². The van der Waals surface area contributed by atoms with Crippen LogP contribution in [0.4, 0.5) is 0 Å². The third-order valence-electron chi connectivity index (χ3n) is 4.44. The summed E-state index contributed by atoms with van der Waals surface area (Å²) < 4.78 is 10.4. The smallest absolute Gasteiger partial charge is 0.255 e. The molecule has 27 heavy (non-hydrogen) atoms. The molecule has 1 amide bonds. The lowest BCUT2D eigenvalue weighted by Gasteiger charge is -2.14. The maximum absolute atomic E-state index is 12.5. The number of ether oxygens (including phenoxy) is 2. The Bertz CT molecular complexity index is 817. The van der Waals surface area contributed by atoms with Gasteiger partial charge in [-0.3, -0.25) is 9.59 Å². The Balaban J connectivity index is 1.61. The maximum atomic E-state index is 12.5. The van der Waals surface area contributed by atoms with Crippen molar-refractivity contribution in [2.24, 2.45) is 0 Å². The van der Waals surface area contributed by atoms with Crippen molar-refractivity contribution in [1.29, 1.82) is 0 Å². The number of hydrogen-bond donors (Lipinski definition) is 0. The minimum Gasteiger partial charge on any atom is -0.497 e. The fourth-order valence-corrected chi connectivity index (χ4v) is 3.67. The molecule has 6 nitrogen and oxygen atoms in total. The summed E-state index contributed by atoms with van der Waals surface area (Å²) in [5.74, 6) is 1.32. The van der Waals surface area contributed by atoms with Crippen molar-refractivity contribution in [1.82, 2.24) is 9.88 Å². The van der Waals surface area contributed by atoms with Crippen molar-refractivity contribution in [3.8, 4) is 11.5 Å². The van der Waals surface area contributed by atoms with Crippen molar-refractivity contribution < 1.29 is 19.1 Å². The van der Waals surface area contributed by atoms with Crippen LogP contribution in [0, 0.1) is 0 Å². The number of aromatic nitrogens is 1. The molecule has 1 saturated heterocycles. The summed E-state index contributed by atoms with van der Waals surface area (Å²) in [6, 6.07) is 8.68. The topological polar surface area (TPSA) is 68.7 Å². The third-order valence-corrected chi connectivity index (χ3v) is 5.38. The van der Waals surface area contributed by atoms with Gasteiger partial charge in [0.05, 0.1) is 36.1 Å². The van der Waals surface area contributed by atoms with Gasteiger partial charge in [-0.05, 0) is 37.1 Å². The van der Waals surface area contributed by atoms with E-state index in [4.69, 9.17) is 9.47 Å². The van der Waals surface area contributed by atoms with Crippen molar-refractivity contribution in [3.05, 3.63) is 47.7 Å². The van der Waals surface area contributed by atoms with E-state index >= 15 is 0 Å². The molecule has 1 fully saturated rings. The van der Waals surface area contributed by atoms with Crippen molar-refractivity contribution in [3.63, 3.8) is 0 Å². The van der Waals surface area contributed by atoms with Gasteiger partial charge in [-0.2, -0.15) is 0 Å². The molecule has 7 heteroatoms. The molecular formula is C20H22N2O4S. The van der Waals surface area contributed by atoms with E-state index in [1.807, 2.05) is 4.90 Å². The lowest BCUT2D eigenvalue weighted by molar-refractivity contribution is 0.0792. The van der Waals surface area contributed by atoms with Gasteiger partial charge >= 0.3 is 0 Å². The zero-order valence-electron chi connectivity index (χ0n) is 15.4. The second-order valence-electron chi connectivity index (χ2n) is 6.16. The number of Topliss-reactive ketones (excluding diaryl/α,β-unsaturated/α-hetero) is 1. The molecule has 0 radical (unpaired) electrons. The lowest BCUT2D eigenvalue weighted by atomic mass is 10.1. The number of hydrogen-bond acceptors (Lipinski definition) is 6. The van der Waals surface area contributed by atoms with E-state index in [2.05, 4.69) is 4.98 Å². The molecule has 142 valence electrons. The zero-order chi connectivity index (χ0) is 19.2. The number of nitrogens with zero attached hydrogens (tertiary/aromatic N) is 2. The molecule has 0 aliphatic carbocycles. The predicted molar refractivity (Wildman–Crippen MR) is 104 cm³/mol. The predicted octanol–water partition coefficient (Wildman–Crippen LogP) is 3.31. The maximum Gasteiger partial charge on any atom is 0.255 e. The molecule has 0 bridgehead atoms. The molecule has 0 spiro atoms. The second-order valence-corrected chi connectivity index (χ2v) is 7.16. The van der Waals surface area contributed by atoms with Gasteiger partial charge in [-0.15, -0.1) is 0 Å². The van der Waals surface area contributed by atoms with Gasteiger partial charge in [0.25, 0.3) is 5.91 Å². The van der Waals surface area contributed by atoms with Gasteiger partial charge < -0.3 is 14.4 Å². The molecule has 2 aromatic rings. The highest BCUT2D eigenvalue weighted by Crippen LogP contribution is 2.27. The van der Waals surface area contributed by atoms with Crippen LogP contribution in [0.2, 0.25) is 0 Å². The van der Waals surface area contributed by atoms with Crippen LogP contribution in [-0.2, 0) is 0 Å². The summed E-state index contributed by atoms with van der Waals surface area (Å²) in [5, 5.41) is 0.703. The van der Waals surface area contributed by atoms with E-state index in [1.165, 1.54) is 18.9 Å². The van der Waals surface area contributed by atoms with E-state index in [-0.39, 0.29) is 17.4 Å². The highest BCUT2D eigenvalue weighted by molar-refractivity contribution is 7.99. The summed E-state index contributed by atoms with van der Waals surface area (Å²) in [7, 11) is 3.09. The first-order chi connectivity index (χ1) is 13.1. The Hall–Kier alpha value is -2.54.